The second-order valence-corrected chi connectivity index (χ2v) is 10.7. The predicted octanol–water partition coefficient (Wildman–Crippen LogP) is 1.86. The number of quaternary nitrogens is 1. The van der Waals surface area contributed by atoms with Gasteiger partial charge in [-0.15, -0.1) is 0 Å². The van der Waals surface area contributed by atoms with Gasteiger partial charge in [0.05, 0.1) is 39.0 Å². The number of halogens is 1. The zero-order valence-electron chi connectivity index (χ0n) is 19.9. The lowest BCUT2D eigenvalue weighted by Gasteiger charge is -2.51. The Bertz CT molecular complexity index is 1130. The van der Waals surface area contributed by atoms with Crippen molar-refractivity contribution in [2.24, 2.45) is 5.92 Å². The third-order valence-corrected chi connectivity index (χ3v) is 8.84. The Labute approximate surface area is 218 Å². The van der Waals surface area contributed by atoms with Crippen molar-refractivity contribution in [3.63, 3.8) is 0 Å². The molecule has 4 aliphatic rings. The largest absolute Gasteiger partial charge is 1.00 e. The Kier molecular flexibility index (Phi) is 6.44. The van der Waals surface area contributed by atoms with Gasteiger partial charge >= 0.3 is 0 Å². The van der Waals surface area contributed by atoms with Crippen LogP contribution in [0.3, 0.4) is 0 Å². The molecule has 2 amide bonds. The predicted molar refractivity (Wildman–Crippen MR) is 132 cm³/mol. The van der Waals surface area contributed by atoms with Gasteiger partial charge in [-0.25, -0.2) is 0 Å². The molecule has 3 aromatic carbocycles. The maximum absolute atomic E-state index is 13.7. The molecule has 2 fully saturated rings. The number of carbonyl (C=O) groups excluding carboxylic acids is 2. The van der Waals surface area contributed by atoms with Crippen LogP contribution in [0.2, 0.25) is 0 Å². The van der Waals surface area contributed by atoms with Crippen molar-refractivity contribution >= 4 is 33.4 Å². The van der Waals surface area contributed by atoms with Gasteiger partial charge in [-0.05, 0) is 58.4 Å². The maximum atomic E-state index is 13.7. The number of hydrogen-bond acceptors (Lipinski definition) is 2. The van der Waals surface area contributed by atoms with E-state index in [-0.39, 0.29) is 48.6 Å². The molecule has 2 saturated heterocycles. The number of fused-ring (bicyclic) bond motifs is 5. The molecule has 0 N–H and O–H groups in total. The number of benzene rings is 3. The number of carbonyl (C=O) groups is 2. The first kappa shape index (κ1) is 23.7. The molecule has 4 heterocycles. The van der Waals surface area contributed by atoms with E-state index in [1.54, 1.807) is 4.90 Å². The number of rotatable bonds is 2. The Morgan fingerprint density at radius 2 is 1.26 bits per heavy atom. The summed E-state index contributed by atoms with van der Waals surface area (Å²) in [5.74, 6) is 0.354. The standard InChI is InChI=1S/C29H33N2O2.HI/c1-31-15-7-6-14-27(31)20(9-8-16-31)19-30-28(32)17-25-21-10-2-3-11-22(21)26(18-29(30)33)24-13-5-4-12-23(24)25;/h2-5,10-13,20,27H,6-9,14-19H2,1H3;1H/q+1;/p-1. The van der Waals surface area contributed by atoms with E-state index < -0.39 is 0 Å². The highest BCUT2D eigenvalue weighted by Crippen LogP contribution is 2.38. The lowest BCUT2D eigenvalue weighted by Crippen LogP contribution is -3.00. The molecular weight excluding hydrogens is 535 g/mol. The Morgan fingerprint density at radius 3 is 1.79 bits per heavy atom. The van der Waals surface area contributed by atoms with Gasteiger partial charge in [-0.3, -0.25) is 14.5 Å². The lowest BCUT2D eigenvalue weighted by molar-refractivity contribution is -0.947. The molecule has 0 aromatic heterocycles. The van der Waals surface area contributed by atoms with Gasteiger partial charge in [0.25, 0.3) is 0 Å². The normalized spacial score (nSPS) is 27.1. The number of nitrogens with zero attached hydrogens (tertiary/aromatic N) is 2. The molecule has 7 rings (SSSR count). The zero-order valence-corrected chi connectivity index (χ0v) is 22.1. The summed E-state index contributed by atoms with van der Waals surface area (Å²) in [6, 6.07) is 17.2. The van der Waals surface area contributed by atoms with Crippen LogP contribution in [0.1, 0.15) is 43.2 Å². The summed E-state index contributed by atoms with van der Waals surface area (Å²) in [5, 5.41) is 4.46. The van der Waals surface area contributed by atoms with E-state index in [9.17, 15) is 9.59 Å². The Morgan fingerprint density at radius 1 is 0.765 bits per heavy atom. The highest BCUT2D eigenvalue weighted by Gasteiger charge is 2.45. The highest BCUT2D eigenvalue weighted by atomic mass is 127. The van der Waals surface area contributed by atoms with Crippen molar-refractivity contribution in [3.05, 3.63) is 59.7 Å². The monoisotopic (exact) mass is 568 g/mol. The molecule has 178 valence electrons. The second kappa shape index (κ2) is 9.23. The van der Waals surface area contributed by atoms with Crippen LogP contribution in [-0.4, -0.2) is 53.9 Å². The molecule has 4 aliphatic heterocycles. The van der Waals surface area contributed by atoms with E-state index in [1.807, 2.05) is 24.3 Å². The van der Waals surface area contributed by atoms with Crippen molar-refractivity contribution in [1.82, 2.24) is 4.90 Å². The fourth-order valence-electron chi connectivity index (χ4n) is 7.21. The summed E-state index contributed by atoms with van der Waals surface area (Å²) in [5.41, 5.74) is 2.13. The Balaban J connectivity index is 0.00000241. The van der Waals surface area contributed by atoms with Gasteiger partial charge in [0.15, 0.2) is 0 Å². The van der Waals surface area contributed by atoms with Crippen LogP contribution >= 0.6 is 0 Å². The van der Waals surface area contributed by atoms with Crippen molar-refractivity contribution in [2.75, 3.05) is 26.7 Å². The number of piperidine rings is 2. The fraction of sp³-hybridized carbons (Fsp3) is 0.448. The van der Waals surface area contributed by atoms with Crippen LogP contribution in [0.15, 0.2) is 48.5 Å². The topological polar surface area (TPSA) is 37.4 Å². The molecule has 0 aliphatic carbocycles. The first-order valence-corrected chi connectivity index (χ1v) is 12.6. The van der Waals surface area contributed by atoms with Crippen molar-refractivity contribution in [1.29, 1.82) is 0 Å². The van der Waals surface area contributed by atoms with Crippen LogP contribution in [0.25, 0.3) is 21.5 Å². The van der Waals surface area contributed by atoms with Crippen molar-refractivity contribution in [3.8, 4) is 0 Å². The lowest BCUT2D eigenvalue weighted by atomic mass is 9.81. The molecule has 5 heteroatoms. The van der Waals surface area contributed by atoms with Gasteiger partial charge in [0, 0.05) is 18.9 Å². The smallest absolute Gasteiger partial charge is 0.233 e. The van der Waals surface area contributed by atoms with Crippen molar-refractivity contribution < 1.29 is 38.0 Å². The van der Waals surface area contributed by atoms with E-state index in [0.29, 0.717) is 18.5 Å². The second-order valence-electron chi connectivity index (χ2n) is 10.7. The quantitative estimate of drug-likeness (QED) is 0.205. The summed E-state index contributed by atoms with van der Waals surface area (Å²) in [4.78, 5) is 29.1. The third kappa shape index (κ3) is 3.85. The van der Waals surface area contributed by atoms with E-state index >= 15 is 0 Å². The summed E-state index contributed by atoms with van der Waals surface area (Å²) >= 11 is 0. The van der Waals surface area contributed by atoms with Crippen LogP contribution in [0, 0.1) is 5.92 Å². The molecule has 4 nitrogen and oxygen atoms in total. The summed E-state index contributed by atoms with van der Waals surface area (Å²) in [6.45, 7) is 3.07. The van der Waals surface area contributed by atoms with E-state index in [1.165, 1.54) is 38.8 Å². The van der Waals surface area contributed by atoms with Gasteiger partial charge in [-0.1, -0.05) is 48.5 Å². The third-order valence-electron chi connectivity index (χ3n) is 8.84. The molecule has 3 aromatic rings. The van der Waals surface area contributed by atoms with E-state index in [4.69, 9.17) is 0 Å². The maximum Gasteiger partial charge on any atom is 0.233 e. The molecule has 0 radical (unpaired) electrons. The summed E-state index contributed by atoms with van der Waals surface area (Å²) < 4.78 is 1.13. The van der Waals surface area contributed by atoms with E-state index in [0.717, 1.165) is 43.6 Å². The fourth-order valence-corrected chi connectivity index (χ4v) is 7.21. The SMILES string of the molecule is C[N+]12CCCCC1C(CN1C(=O)Cc3c4ccccc4c(c4ccccc34)CC1=O)CCC2.[I-]. The Hall–Kier alpha value is -1.99. The van der Waals surface area contributed by atoms with Crippen molar-refractivity contribution in [2.45, 2.75) is 51.0 Å². The van der Waals surface area contributed by atoms with Crippen LogP contribution < -0.4 is 24.0 Å². The average Bonchev–Trinajstić information content (AvgIpc) is 2.90. The number of imide groups is 1. The van der Waals surface area contributed by atoms with Crippen LogP contribution in [-0.2, 0) is 22.4 Å². The van der Waals surface area contributed by atoms with Gasteiger partial charge in [0.2, 0.25) is 11.8 Å². The average molecular weight is 568 g/mol. The van der Waals surface area contributed by atoms with E-state index in [2.05, 4.69) is 31.3 Å². The minimum atomic E-state index is -0.0293. The number of amides is 2. The molecular formula is C29H33IN2O2. The molecule has 0 saturated carbocycles. The molecule has 34 heavy (non-hydrogen) atoms. The van der Waals surface area contributed by atoms with Gasteiger partial charge < -0.3 is 28.5 Å². The first-order chi connectivity index (χ1) is 16.0. The van der Waals surface area contributed by atoms with Gasteiger partial charge in [0.1, 0.15) is 0 Å². The first-order valence-electron chi connectivity index (χ1n) is 12.6. The highest BCUT2D eigenvalue weighted by molar-refractivity contribution is 6.12. The number of hydrogen-bond donors (Lipinski definition) is 0. The molecule has 2 bridgehead atoms. The molecule has 0 spiro atoms. The summed E-state index contributed by atoms with van der Waals surface area (Å²) in [6.07, 6.45) is 6.70. The minimum absolute atomic E-state index is 0. The van der Waals surface area contributed by atoms with Gasteiger partial charge in [-0.2, -0.15) is 0 Å². The molecule has 3 unspecified atom stereocenters. The summed E-state index contributed by atoms with van der Waals surface area (Å²) in [7, 11) is 2.40. The molecule has 3 atom stereocenters. The zero-order chi connectivity index (χ0) is 22.6. The minimum Gasteiger partial charge on any atom is -1.00 e. The van der Waals surface area contributed by atoms with Crippen LogP contribution in [0.5, 0.6) is 0 Å². The van der Waals surface area contributed by atoms with Crippen LogP contribution in [0.4, 0.5) is 0 Å².